The van der Waals surface area contributed by atoms with E-state index < -0.39 is 10.1 Å². The number of aromatic amines is 2. The molecule has 8 bridgehead atoms. The summed E-state index contributed by atoms with van der Waals surface area (Å²) >= 11 is 0. The SMILES string of the molecule is O=S(=O)(O)c1c2nc(c(-c3ccccc3)c3ccc([nH]3)c(-c3ccccc3)c3nc(c(-c4ccccc4)c4[nH]c1cc4-c1ccccc1)C=C3)C=C2. The molecular formula is C44H30N4O3S. The van der Waals surface area contributed by atoms with Crippen molar-refractivity contribution in [2.24, 2.45) is 0 Å². The highest BCUT2D eigenvalue weighted by molar-refractivity contribution is 7.86. The van der Waals surface area contributed by atoms with Crippen LogP contribution in [-0.2, 0) is 10.1 Å². The summed E-state index contributed by atoms with van der Waals surface area (Å²) in [4.78, 5) is 17.0. The number of nitrogens with zero attached hydrogens (tertiary/aromatic N) is 2. The quantitative estimate of drug-likeness (QED) is 0.155. The Morgan fingerprint density at radius 1 is 0.442 bits per heavy atom. The first-order chi connectivity index (χ1) is 25.4. The maximum Gasteiger partial charge on any atom is 0.298 e. The number of aromatic nitrogens is 4. The van der Waals surface area contributed by atoms with E-state index in [0.29, 0.717) is 16.9 Å². The van der Waals surface area contributed by atoms with E-state index in [1.165, 1.54) is 0 Å². The Morgan fingerprint density at radius 2 is 0.846 bits per heavy atom. The summed E-state index contributed by atoms with van der Waals surface area (Å²) in [6, 6.07) is 45.5. The first-order valence-electron chi connectivity index (χ1n) is 16.8. The van der Waals surface area contributed by atoms with Crippen LogP contribution in [0.5, 0.6) is 0 Å². The normalized spacial score (nSPS) is 12.3. The van der Waals surface area contributed by atoms with E-state index in [4.69, 9.17) is 9.97 Å². The summed E-state index contributed by atoms with van der Waals surface area (Å²) in [7, 11) is -4.79. The zero-order valence-corrected chi connectivity index (χ0v) is 28.5. The second-order valence-corrected chi connectivity index (χ2v) is 13.9. The van der Waals surface area contributed by atoms with Gasteiger partial charge >= 0.3 is 0 Å². The minimum atomic E-state index is -4.79. The number of rotatable bonds is 5. The summed E-state index contributed by atoms with van der Waals surface area (Å²) in [5, 5.41) is 0. The molecule has 8 heteroatoms. The van der Waals surface area contributed by atoms with E-state index in [0.717, 1.165) is 61.2 Å². The Labute approximate surface area is 300 Å². The zero-order chi connectivity index (χ0) is 35.2. The van der Waals surface area contributed by atoms with Gasteiger partial charge in [0, 0.05) is 33.3 Å². The van der Waals surface area contributed by atoms with Gasteiger partial charge in [-0.2, -0.15) is 8.42 Å². The van der Waals surface area contributed by atoms with Crippen LogP contribution in [-0.4, -0.2) is 32.9 Å². The molecule has 52 heavy (non-hydrogen) atoms. The third-order valence-corrected chi connectivity index (χ3v) is 10.3. The summed E-state index contributed by atoms with van der Waals surface area (Å²) < 4.78 is 37.6. The molecule has 0 radical (unpaired) electrons. The molecule has 7 nitrogen and oxygen atoms in total. The summed E-state index contributed by atoms with van der Waals surface area (Å²) in [6.07, 6.45) is 7.45. The van der Waals surface area contributed by atoms with Gasteiger partial charge in [-0.3, -0.25) is 4.55 Å². The molecule has 0 fully saturated rings. The molecule has 2 aliphatic rings. The molecule has 0 aliphatic carbocycles. The Kier molecular flexibility index (Phi) is 7.61. The van der Waals surface area contributed by atoms with E-state index in [1.807, 2.05) is 133 Å². The molecule has 0 unspecified atom stereocenters. The van der Waals surface area contributed by atoms with Crippen molar-refractivity contribution in [1.82, 2.24) is 19.9 Å². The largest absolute Gasteiger partial charge is 0.354 e. The molecule has 0 spiro atoms. The number of H-pyrrole nitrogens is 2. The van der Waals surface area contributed by atoms with Gasteiger partial charge in [-0.25, -0.2) is 9.97 Å². The first kappa shape index (κ1) is 31.4. The zero-order valence-electron chi connectivity index (χ0n) is 27.7. The molecule has 0 saturated heterocycles. The highest BCUT2D eigenvalue weighted by Gasteiger charge is 2.24. The lowest BCUT2D eigenvalue weighted by molar-refractivity contribution is 0.483. The number of nitrogens with one attached hydrogen (secondary N) is 2. The lowest BCUT2D eigenvalue weighted by atomic mass is 9.99. The molecule has 0 saturated carbocycles. The van der Waals surface area contributed by atoms with Crippen LogP contribution in [0.2, 0.25) is 0 Å². The minimum absolute atomic E-state index is 0.115. The summed E-state index contributed by atoms with van der Waals surface area (Å²) in [6.45, 7) is 0. The van der Waals surface area contributed by atoms with Crippen LogP contribution in [0, 0.1) is 0 Å². The van der Waals surface area contributed by atoms with Crippen molar-refractivity contribution in [3.63, 3.8) is 0 Å². The molecule has 250 valence electrons. The molecule has 5 heterocycles. The lowest BCUT2D eigenvalue weighted by Crippen LogP contribution is -2.01. The van der Waals surface area contributed by atoms with Crippen molar-refractivity contribution in [1.29, 1.82) is 0 Å². The van der Waals surface area contributed by atoms with Gasteiger partial charge in [-0.05, 0) is 64.8 Å². The first-order valence-corrected chi connectivity index (χ1v) is 18.3. The molecule has 0 atom stereocenters. The van der Waals surface area contributed by atoms with E-state index >= 15 is 0 Å². The Bertz CT molecular complexity index is 2840. The standard InChI is InChI=1S/C44H30N4O3S/c49-52(50,51)44-38-26-25-36(47-38)41(30-17-9-3-10-18-30)34-22-21-33(45-34)40(29-15-7-2-8-16-29)35-23-24-37(46-35)42(31-19-11-4-12-20-31)43-32(27-39(44)48-43)28-13-5-1-6-14-28/h1-27,45,48H,(H,49,50,51). The van der Waals surface area contributed by atoms with Crippen molar-refractivity contribution in [3.8, 4) is 44.5 Å². The maximum absolute atomic E-state index is 13.4. The van der Waals surface area contributed by atoms with Crippen LogP contribution >= 0.6 is 0 Å². The Hall–Kier alpha value is -6.61. The molecular weight excluding hydrogens is 665 g/mol. The van der Waals surface area contributed by atoms with Gasteiger partial charge in [-0.15, -0.1) is 0 Å². The van der Waals surface area contributed by atoms with Crippen LogP contribution < -0.4 is 0 Å². The van der Waals surface area contributed by atoms with Crippen molar-refractivity contribution in [2.45, 2.75) is 4.90 Å². The number of fused-ring (bicyclic) bond motifs is 8. The fraction of sp³-hybridized carbons (Fsp3) is 0. The second-order valence-electron chi connectivity index (χ2n) is 12.6. The van der Waals surface area contributed by atoms with Crippen molar-refractivity contribution in [2.75, 3.05) is 0 Å². The average molecular weight is 695 g/mol. The van der Waals surface area contributed by atoms with Crippen LogP contribution in [0.15, 0.2) is 144 Å². The number of benzene rings is 4. The van der Waals surface area contributed by atoms with Gasteiger partial charge in [0.15, 0.2) is 0 Å². The Balaban J connectivity index is 1.54. The van der Waals surface area contributed by atoms with Gasteiger partial charge < -0.3 is 9.97 Å². The second kappa shape index (κ2) is 12.6. The highest BCUT2D eigenvalue weighted by atomic mass is 32.2. The average Bonchev–Trinajstić information content (AvgIpc) is 4.00. The minimum Gasteiger partial charge on any atom is -0.354 e. The van der Waals surface area contributed by atoms with Gasteiger partial charge in [-0.1, -0.05) is 121 Å². The maximum atomic E-state index is 13.4. The third kappa shape index (κ3) is 5.56. The van der Waals surface area contributed by atoms with E-state index in [-0.39, 0.29) is 16.1 Å². The van der Waals surface area contributed by atoms with Crippen LogP contribution in [0.3, 0.4) is 0 Å². The van der Waals surface area contributed by atoms with Crippen LogP contribution in [0.4, 0.5) is 0 Å². The van der Waals surface area contributed by atoms with Crippen molar-refractivity contribution >= 4 is 56.5 Å². The van der Waals surface area contributed by atoms with E-state index in [2.05, 4.69) is 22.1 Å². The number of hydrogen-bond donors (Lipinski definition) is 3. The van der Waals surface area contributed by atoms with Gasteiger partial charge in [0.05, 0.1) is 33.8 Å². The monoisotopic (exact) mass is 694 g/mol. The molecule has 7 aromatic rings. The lowest BCUT2D eigenvalue weighted by Gasteiger charge is -2.07. The molecule has 4 aromatic carbocycles. The molecule has 2 aliphatic heterocycles. The summed E-state index contributed by atoms with van der Waals surface area (Å²) in [5.74, 6) is 0. The number of hydrogen-bond acceptors (Lipinski definition) is 4. The van der Waals surface area contributed by atoms with Crippen LogP contribution in [0.25, 0.3) is 90.9 Å². The van der Waals surface area contributed by atoms with Crippen LogP contribution in [0.1, 0.15) is 22.8 Å². The van der Waals surface area contributed by atoms with Gasteiger partial charge in [0.2, 0.25) is 0 Å². The van der Waals surface area contributed by atoms with Crippen molar-refractivity contribution < 1.29 is 13.0 Å². The fourth-order valence-electron chi connectivity index (χ4n) is 7.10. The highest BCUT2D eigenvalue weighted by Crippen LogP contribution is 2.40. The predicted octanol–water partition coefficient (Wildman–Crippen LogP) is 10.6. The molecule has 0 amide bonds. The molecule has 3 aromatic heterocycles. The van der Waals surface area contributed by atoms with Crippen molar-refractivity contribution in [3.05, 3.63) is 162 Å². The van der Waals surface area contributed by atoms with Gasteiger partial charge in [0.1, 0.15) is 4.90 Å². The van der Waals surface area contributed by atoms with E-state index in [1.54, 1.807) is 18.2 Å². The van der Waals surface area contributed by atoms with E-state index in [9.17, 15) is 13.0 Å². The predicted molar refractivity (Wildman–Crippen MR) is 210 cm³/mol. The van der Waals surface area contributed by atoms with Gasteiger partial charge in [0.25, 0.3) is 10.1 Å². The summed E-state index contributed by atoms with van der Waals surface area (Å²) in [5.41, 5.74) is 11.5. The smallest absolute Gasteiger partial charge is 0.298 e. The molecule has 3 N–H and O–H groups in total. The third-order valence-electron chi connectivity index (χ3n) is 9.35. The fourth-order valence-corrected chi connectivity index (χ4v) is 7.87. The topological polar surface area (TPSA) is 112 Å². The Morgan fingerprint density at radius 3 is 1.33 bits per heavy atom. The molecule has 9 rings (SSSR count).